The first-order valence-corrected chi connectivity index (χ1v) is 9.21. The van der Waals surface area contributed by atoms with Gasteiger partial charge in [-0.1, -0.05) is 12.1 Å². The molecule has 4 rings (SSSR count). The number of nitrogens with one attached hydrogen (secondary N) is 1. The van der Waals surface area contributed by atoms with E-state index in [-0.39, 0.29) is 11.9 Å². The topological polar surface area (TPSA) is 76.1 Å². The van der Waals surface area contributed by atoms with Crippen molar-refractivity contribution in [1.82, 2.24) is 25.1 Å². The van der Waals surface area contributed by atoms with Gasteiger partial charge in [-0.2, -0.15) is 5.10 Å². The fourth-order valence-corrected chi connectivity index (χ4v) is 3.30. The molecular weight excluding hydrogens is 359 g/mol. The molecule has 28 heavy (non-hydrogen) atoms. The molecule has 1 atom stereocenters. The molecule has 1 fully saturated rings. The largest absolute Gasteiger partial charge is 0.379 e. The fraction of sp³-hybridized carbons (Fsp3) is 0.300. The van der Waals surface area contributed by atoms with Gasteiger partial charge in [0.15, 0.2) is 0 Å². The zero-order chi connectivity index (χ0) is 19.2. The summed E-state index contributed by atoms with van der Waals surface area (Å²) < 4.78 is 19.5. The van der Waals surface area contributed by atoms with Crippen LogP contribution in [0.3, 0.4) is 0 Å². The van der Waals surface area contributed by atoms with Crippen molar-refractivity contribution in [2.45, 2.75) is 6.04 Å². The monoisotopic (exact) mass is 380 g/mol. The maximum atomic E-state index is 14.1. The lowest BCUT2D eigenvalue weighted by Gasteiger charge is -2.34. The Morgan fingerprint density at radius 1 is 1.11 bits per heavy atom. The van der Waals surface area contributed by atoms with E-state index in [4.69, 9.17) is 4.74 Å². The number of anilines is 1. The van der Waals surface area contributed by atoms with Gasteiger partial charge < -0.3 is 10.1 Å². The van der Waals surface area contributed by atoms with Crippen LogP contribution >= 0.6 is 0 Å². The van der Waals surface area contributed by atoms with E-state index < -0.39 is 0 Å². The molecule has 1 aliphatic rings. The Balaban J connectivity index is 1.52. The number of nitrogens with zero attached hydrogens (tertiary/aromatic N) is 5. The lowest BCUT2D eigenvalue weighted by molar-refractivity contribution is 0.0186. The summed E-state index contributed by atoms with van der Waals surface area (Å²) in [6.45, 7) is 3.71. The number of aromatic nitrogens is 4. The third kappa shape index (κ3) is 4.29. The summed E-state index contributed by atoms with van der Waals surface area (Å²) in [6.07, 6.45) is 5.05. The minimum Gasteiger partial charge on any atom is -0.379 e. The van der Waals surface area contributed by atoms with Crippen molar-refractivity contribution >= 4 is 5.95 Å². The highest BCUT2D eigenvalue weighted by molar-refractivity contribution is 5.59. The van der Waals surface area contributed by atoms with Crippen molar-refractivity contribution in [3.05, 3.63) is 66.4 Å². The summed E-state index contributed by atoms with van der Waals surface area (Å²) in [4.78, 5) is 10.9. The Bertz CT molecular complexity index is 904. The van der Waals surface area contributed by atoms with E-state index >= 15 is 0 Å². The highest BCUT2D eigenvalue weighted by atomic mass is 19.1. The zero-order valence-corrected chi connectivity index (χ0v) is 15.3. The second-order valence-corrected chi connectivity index (χ2v) is 6.47. The van der Waals surface area contributed by atoms with Crippen molar-refractivity contribution in [3.8, 4) is 11.3 Å². The average Bonchev–Trinajstić information content (AvgIpc) is 2.76. The molecule has 0 spiro atoms. The van der Waals surface area contributed by atoms with Crippen LogP contribution in [0.2, 0.25) is 0 Å². The van der Waals surface area contributed by atoms with E-state index in [2.05, 4.69) is 30.4 Å². The predicted molar refractivity (Wildman–Crippen MR) is 103 cm³/mol. The first-order chi connectivity index (χ1) is 13.8. The molecule has 1 saturated heterocycles. The Morgan fingerprint density at radius 2 is 1.89 bits per heavy atom. The second kappa shape index (κ2) is 8.81. The van der Waals surface area contributed by atoms with Gasteiger partial charge in [0, 0.05) is 37.6 Å². The first kappa shape index (κ1) is 18.4. The SMILES string of the molecule is Fc1ccccc1-c1cnnc(NCC(c2ccncc2)N2CCOCC2)n1. The highest BCUT2D eigenvalue weighted by Gasteiger charge is 2.23. The lowest BCUT2D eigenvalue weighted by Crippen LogP contribution is -2.41. The molecule has 1 N–H and O–H groups in total. The third-order valence-corrected chi connectivity index (χ3v) is 4.74. The van der Waals surface area contributed by atoms with Crippen LogP contribution in [0, 0.1) is 5.82 Å². The molecule has 1 aliphatic heterocycles. The summed E-state index contributed by atoms with van der Waals surface area (Å²) in [5.74, 6) is 0.0324. The minimum absolute atomic E-state index is 0.118. The van der Waals surface area contributed by atoms with Gasteiger partial charge in [0.2, 0.25) is 5.95 Å². The molecule has 8 heteroatoms. The lowest BCUT2D eigenvalue weighted by atomic mass is 10.1. The van der Waals surface area contributed by atoms with Crippen molar-refractivity contribution in [2.75, 3.05) is 38.2 Å². The molecule has 2 aromatic heterocycles. The summed E-state index contributed by atoms with van der Waals surface area (Å²) in [5, 5.41) is 11.3. The average molecular weight is 380 g/mol. The van der Waals surface area contributed by atoms with E-state index in [1.807, 2.05) is 12.1 Å². The van der Waals surface area contributed by atoms with E-state index in [0.717, 1.165) is 18.7 Å². The number of rotatable bonds is 6. The van der Waals surface area contributed by atoms with Gasteiger partial charge in [0.1, 0.15) is 5.82 Å². The molecule has 3 heterocycles. The van der Waals surface area contributed by atoms with Crippen LogP contribution in [0.4, 0.5) is 10.3 Å². The van der Waals surface area contributed by atoms with Gasteiger partial charge in [0.25, 0.3) is 0 Å². The summed E-state index contributed by atoms with van der Waals surface area (Å²) in [6, 6.07) is 10.6. The van der Waals surface area contributed by atoms with Crippen LogP contribution in [0.15, 0.2) is 55.0 Å². The van der Waals surface area contributed by atoms with E-state index in [1.165, 1.54) is 12.3 Å². The number of halogens is 1. The molecule has 3 aromatic rings. The second-order valence-electron chi connectivity index (χ2n) is 6.47. The maximum Gasteiger partial charge on any atom is 0.243 e. The van der Waals surface area contributed by atoms with E-state index in [9.17, 15) is 4.39 Å². The predicted octanol–water partition coefficient (Wildman–Crippen LogP) is 2.56. The normalized spacial score (nSPS) is 15.9. The molecule has 7 nitrogen and oxygen atoms in total. The molecule has 0 amide bonds. The van der Waals surface area contributed by atoms with Gasteiger partial charge in [0.05, 0.1) is 31.1 Å². The minimum atomic E-state index is -0.336. The number of benzene rings is 1. The van der Waals surface area contributed by atoms with Crippen molar-refractivity contribution in [2.24, 2.45) is 0 Å². The number of morpholine rings is 1. The Labute approximate surface area is 162 Å². The van der Waals surface area contributed by atoms with Gasteiger partial charge in [-0.15, -0.1) is 5.10 Å². The Morgan fingerprint density at radius 3 is 2.68 bits per heavy atom. The van der Waals surface area contributed by atoms with Gasteiger partial charge >= 0.3 is 0 Å². The van der Waals surface area contributed by atoms with Gasteiger partial charge in [-0.25, -0.2) is 9.37 Å². The molecule has 0 bridgehead atoms. The van der Waals surface area contributed by atoms with E-state index in [0.29, 0.717) is 37.0 Å². The molecular formula is C20H21FN6O. The van der Waals surface area contributed by atoms with Crippen LogP contribution in [0.1, 0.15) is 11.6 Å². The molecule has 1 unspecified atom stereocenters. The summed E-state index contributed by atoms with van der Waals surface area (Å²) in [5.41, 5.74) is 2.00. The number of ether oxygens (including phenoxy) is 1. The van der Waals surface area contributed by atoms with Crippen LogP contribution in [-0.2, 0) is 4.74 Å². The summed E-state index contributed by atoms with van der Waals surface area (Å²) in [7, 11) is 0. The summed E-state index contributed by atoms with van der Waals surface area (Å²) >= 11 is 0. The maximum absolute atomic E-state index is 14.1. The third-order valence-electron chi connectivity index (χ3n) is 4.74. The van der Waals surface area contributed by atoms with Gasteiger partial charge in [-0.05, 0) is 29.8 Å². The van der Waals surface area contributed by atoms with Gasteiger partial charge in [-0.3, -0.25) is 9.88 Å². The molecule has 144 valence electrons. The number of hydrogen-bond donors (Lipinski definition) is 1. The van der Waals surface area contributed by atoms with Crippen LogP contribution in [-0.4, -0.2) is 57.9 Å². The Hall–Kier alpha value is -2.97. The Kier molecular flexibility index (Phi) is 5.79. The fourth-order valence-electron chi connectivity index (χ4n) is 3.30. The van der Waals surface area contributed by atoms with Crippen LogP contribution in [0.25, 0.3) is 11.3 Å². The van der Waals surface area contributed by atoms with Crippen molar-refractivity contribution < 1.29 is 9.13 Å². The van der Waals surface area contributed by atoms with Crippen LogP contribution in [0.5, 0.6) is 0 Å². The molecule has 0 radical (unpaired) electrons. The smallest absolute Gasteiger partial charge is 0.243 e. The number of hydrogen-bond acceptors (Lipinski definition) is 7. The molecule has 0 aliphatic carbocycles. The first-order valence-electron chi connectivity index (χ1n) is 9.21. The highest BCUT2D eigenvalue weighted by Crippen LogP contribution is 2.23. The van der Waals surface area contributed by atoms with Crippen molar-refractivity contribution in [3.63, 3.8) is 0 Å². The molecule has 0 saturated carbocycles. The zero-order valence-electron chi connectivity index (χ0n) is 15.3. The quantitative estimate of drug-likeness (QED) is 0.704. The van der Waals surface area contributed by atoms with Crippen molar-refractivity contribution in [1.29, 1.82) is 0 Å². The molecule has 1 aromatic carbocycles. The standard InChI is InChI=1S/C20H21FN6O/c21-17-4-2-1-3-16(17)18-13-24-26-20(25-18)23-14-19(15-5-7-22-8-6-15)27-9-11-28-12-10-27/h1-8,13,19H,9-12,14H2,(H,23,25,26). The van der Waals surface area contributed by atoms with E-state index in [1.54, 1.807) is 30.6 Å². The van der Waals surface area contributed by atoms with Crippen LogP contribution < -0.4 is 5.32 Å². The number of pyridine rings is 1.